The molecule has 0 aliphatic rings. The minimum atomic E-state index is -0.978. The van der Waals surface area contributed by atoms with E-state index in [9.17, 15) is 19.8 Å². The summed E-state index contributed by atoms with van der Waals surface area (Å²) in [6, 6.07) is 24.0. The summed E-state index contributed by atoms with van der Waals surface area (Å²) in [5.41, 5.74) is 4.50. The maximum Gasteiger partial charge on any atom is 0.323 e. The molecule has 0 spiro atoms. The van der Waals surface area contributed by atoms with Gasteiger partial charge >= 0.3 is 11.9 Å². The van der Waals surface area contributed by atoms with Gasteiger partial charge in [-0.25, -0.2) is 0 Å². The number of aryl methyl sites for hydroxylation is 1. The Bertz CT molecular complexity index is 1370. The maximum atomic E-state index is 11.4. The number of carboxylic acid groups (broad SMARTS) is 2. The molecule has 6 nitrogen and oxygen atoms in total. The molecule has 0 saturated carbocycles. The molecule has 37 heavy (non-hydrogen) atoms. The highest BCUT2D eigenvalue weighted by atomic mass is 16.5. The summed E-state index contributed by atoms with van der Waals surface area (Å²) >= 11 is 0. The quantitative estimate of drug-likeness (QED) is 0.167. The van der Waals surface area contributed by atoms with Crippen LogP contribution >= 0.6 is 0 Å². The largest absolute Gasteiger partial charge is 0.494 e. The van der Waals surface area contributed by atoms with E-state index in [1.807, 2.05) is 60.7 Å². The standard InChI is InChI=1S/C31H31NO5/c33-29(34)20-26-21-32(22-30(35)36)28-12-7-11-25(31(26)28)16-13-24-14-17-27(18-15-24)37-19-6-2-5-10-23-8-3-1-4-9-23/h1,3-4,7-9,11-18,21H,2,5-6,10,19-20,22H2,(H,33,34)(H,35,36)/b16-13+. The van der Waals surface area contributed by atoms with Gasteiger partial charge in [0.15, 0.2) is 0 Å². The van der Waals surface area contributed by atoms with Crippen molar-refractivity contribution in [3.05, 3.63) is 101 Å². The lowest BCUT2D eigenvalue weighted by molar-refractivity contribution is -0.138. The summed E-state index contributed by atoms with van der Waals surface area (Å²) in [4.78, 5) is 22.7. The third-order valence-corrected chi connectivity index (χ3v) is 6.22. The second-order valence-electron chi connectivity index (χ2n) is 9.03. The first-order chi connectivity index (χ1) is 18.0. The SMILES string of the molecule is O=C(O)Cc1cn(CC(=O)O)c2cccc(/C=C/c3ccc(OCCCCCc4ccccc4)cc3)c12. The van der Waals surface area contributed by atoms with Crippen molar-refractivity contribution in [3.63, 3.8) is 0 Å². The number of unbranched alkanes of at least 4 members (excludes halogenated alkanes) is 2. The maximum absolute atomic E-state index is 11.4. The number of carbonyl (C=O) groups is 2. The molecule has 0 aliphatic heterocycles. The van der Waals surface area contributed by atoms with Crippen LogP contribution in [-0.2, 0) is 29.0 Å². The zero-order valence-corrected chi connectivity index (χ0v) is 20.7. The molecular formula is C31H31NO5. The van der Waals surface area contributed by atoms with Crippen molar-refractivity contribution >= 4 is 35.0 Å². The van der Waals surface area contributed by atoms with E-state index in [4.69, 9.17) is 4.74 Å². The second-order valence-corrected chi connectivity index (χ2v) is 9.03. The van der Waals surface area contributed by atoms with E-state index in [2.05, 4.69) is 24.3 Å². The number of hydrogen-bond donors (Lipinski definition) is 2. The molecule has 0 unspecified atom stereocenters. The Morgan fingerprint density at radius 2 is 1.59 bits per heavy atom. The summed E-state index contributed by atoms with van der Waals surface area (Å²) < 4.78 is 7.47. The molecule has 0 bridgehead atoms. The average Bonchev–Trinajstić information content (AvgIpc) is 3.22. The van der Waals surface area contributed by atoms with Crippen molar-refractivity contribution in [1.29, 1.82) is 0 Å². The third kappa shape index (κ3) is 7.34. The highest BCUT2D eigenvalue weighted by Crippen LogP contribution is 2.28. The number of rotatable bonds is 13. The first-order valence-corrected chi connectivity index (χ1v) is 12.5. The minimum absolute atomic E-state index is 0.174. The van der Waals surface area contributed by atoms with Gasteiger partial charge in [-0.2, -0.15) is 0 Å². The molecule has 190 valence electrons. The van der Waals surface area contributed by atoms with Crippen molar-refractivity contribution in [2.45, 2.75) is 38.6 Å². The Kier molecular flexibility index (Phi) is 8.76. The number of fused-ring (bicyclic) bond motifs is 1. The van der Waals surface area contributed by atoms with Gasteiger partial charge in [0.25, 0.3) is 0 Å². The van der Waals surface area contributed by atoms with Gasteiger partial charge in [-0.1, -0.05) is 66.7 Å². The normalized spacial score (nSPS) is 11.2. The van der Waals surface area contributed by atoms with Gasteiger partial charge in [-0.05, 0) is 66.1 Å². The number of benzene rings is 3. The molecule has 0 aliphatic carbocycles. The van der Waals surface area contributed by atoms with Crippen LogP contribution < -0.4 is 4.74 Å². The summed E-state index contributed by atoms with van der Waals surface area (Å²) in [5, 5.41) is 19.3. The number of aliphatic carboxylic acids is 2. The van der Waals surface area contributed by atoms with Crippen LogP contribution in [0.3, 0.4) is 0 Å². The first-order valence-electron chi connectivity index (χ1n) is 12.5. The smallest absolute Gasteiger partial charge is 0.323 e. The Morgan fingerprint density at radius 3 is 2.32 bits per heavy atom. The zero-order valence-electron chi connectivity index (χ0n) is 20.7. The van der Waals surface area contributed by atoms with Crippen LogP contribution in [0.2, 0.25) is 0 Å². The fraction of sp³-hybridized carbons (Fsp3) is 0.226. The van der Waals surface area contributed by atoms with E-state index in [1.165, 1.54) is 5.56 Å². The predicted octanol–water partition coefficient (Wildman–Crippen LogP) is 6.32. The van der Waals surface area contributed by atoms with E-state index in [0.717, 1.165) is 47.9 Å². The van der Waals surface area contributed by atoms with Crippen LogP contribution in [0.15, 0.2) is 79.0 Å². The molecule has 1 aromatic heterocycles. The van der Waals surface area contributed by atoms with Gasteiger partial charge in [-0.3, -0.25) is 9.59 Å². The number of carboxylic acids is 2. The number of nitrogens with zero attached hydrogens (tertiary/aromatic N) is 1. The van der Waals surface area contributed by atoms with Gasteiger partial charge in [0, 0.05) is 17.1 Å². The minimum Gasteiger partial charge on any atom is -0.494 e. The molecule has 0 amide bonds. The van der Waals surface area contributed by atoms with Gasteiger partial charge in [0.05, 0.1) is 13.0 Å². The van der Waals surface area contributed by atoms with E-state index in [0.29, 0.717) is 17.7 Å². The number of aromatic nitrogens is 1. The highest BCUT2D eigenvalue weighted by Gasteiger charge is 2.15. The molecule has 6 heteroatoms. The van der Waals surface area contributed by atoms with Gasteiger partial charge in [0.1, 0.15) is 12.3 Å². The van der Waals surface area contributed by atoms with Crippen LogP contribution in [0, 0.1) is 0 Å². The van der Waals surface area contributed by atoms with E-state index in [-0.39, 0.29) is 13.0 Å². The van der Waals surface area contributed by atoms with E-state index in [1.54, 1.807) is 10.8 Å². The van der Waals surface area contributed by atoms with Crippen LogP contribution in [0.1, 0.15) is 41.5 Å². The first kappa shape index (κ1) is 25.8. The van der Waals surface area contributed by atoms with Crippen molar-refractivity contribution in [3.8, 4) is 5.75 Å². The summed E-state index contributed by atoms with van der Waals surface area (Å²) in [6.45, 7) is 0.462. The number of ether oxygens (including phenoxy) is 1. The molecule has 0 radical (unpaired) electrons. The average molecular weight is 498 g/mol. The Balaban J connectivity index is 1.36. The lowest BCUT2D eigenvalue weighted by atomic mass is 10.0. The lowest BCUT2D eigenvalue weighted by Crippen LogP contribution is -2.07. The molecule has 0 saturated heterocycles. The molecule has 0 atom stereocenters. The monoisotopic (exact) mass is 497 g/mol. The van der Waals surface area contributed by atoms with E-state index >= 15 is 0 Å². The van der Waals surface area contributed by atoms with Crippen LogP contribution in [0.4, 0.5) is 0 Å². The molecule has 1 heterocycles. The fourth-order valence-electron chi connectivity index (χ4n) is 4.49. The fourth-order valence-corrected chi connectivity index (χ4v) is 4.49. The van der Waals surface area contributed by atoms with Crippen molar-refractivity contribution in [2.24, 2.45) is 0 Å². The summed E-state index contributed by atoms with van der Waals surface area (Å²) in [6.07, 6.45) is 9.72. The molecule has 0 fully saturated rings. The number of hydrogen-bond acceptors (Lipinski definition) is 3. The van der Waals surface area contributed by atoms with E-state index < -0.39 is 11.9 Å². The van der Waals surface area contributed by atoms with Gasteiger partial charge in [0.2, 0.25) is 0 Å². The lowest BCUT2D eigenvalue weighted by Gasteiger charge is -2.07. The predicted molar refractivity (Wildman–Crippen MR) is 146 cm³/mol. The molecular weight excluding hydrogens is 466 g/mol. The van der Waals surface area contributed by atoms with Crippen molar-refractivity contribution in [2.75, 3.05) is 6.61 Å². The van der Waals surface area contributed by atoms with Gasteiger partial charge < -0.3 is 19.5 Å². The zero-order chi connectivity index (χ0) is 26.0. The third-order valence-electron chi connectivity index (χ3n) is 6.22. The molecule has 4 aromatic rings. The second kappa shape index (κ2) is 12.6. The molecule has 3 aromatic carbocycles. The van der Waals surface area contributed by atoms with Gasteiger partial charge in [-0.15, -0.1) is 0 Å². The summed E-state index contributed by atoms with van der Waals surface area (Å²) in [7, 11) is 0. The Morgan fingerprint density at radius 1 is 0.811 bits per heavy atom. The Labute approximate surface area is 216 Å². The van der Waals surface area contributed by atoms with Crippen molar-refractivity contribution in [1.82, 2.24) is 4.57 Å². The van der Waals surface area contributed by atoms with Crippen LogP contribution in [0.5, 0.6) is 5.75 Å². The van der Waals surface area contributed by atoms with Crippen LogP contribution in [-0.4, -0.2) is 33.3 Å². The Hall–Kier alpha value is -4.32. The van der Waals surface area contributed by atoms with Crippen LogP contribution in [0.25, 0.3) is 23.1 Å². The highest BCUT2D eigenvalue weighted by molar-refractivity contribution is 5.96. The molecule has 2 N–H and O–H groups in total. The van der Waals surface area contributed by atoms with Crippen molar-refractivity contribution < 1.29 is 24.5 Å². The summed E-state index contributed by atoms with van der Waals surface area (Å²) in [5.74, 6) is -1.11. The topological polar surface area (TPSA) is 88.8 Å². The molecule has 4 rings (SSSR count).